The van der Waals surface area contributed by atoms with Crippen LogP contribution in [0.25, 0.3) is 0 Å². The van der Waals surface area contributed by atoms with E-state index in [4.69, 9.17) is 4.74 Å². The Morgan fingerprint density at radius 1 is 0.867 bits per heavy atom. The Kier molecular flexibility index (Phi) is 6.72. The summed E-state index contributed by atoms with van der Waals surface area (Å²) in [6.45, 7) is 4.06. The summed E-state index contributed by atoms with van der Waals surface area (Å²) in [6, 6.07) is 24.2. The first-order chi connectivity index (χ1) is 14.8. The zero-order valence-electron chi connectivity index (χ0n) is 17.1. The third-order valence-electron chi connectivity index (χ3n) is 5.40. The Bertz CT molecular complexity index is 939. The maximum absolute atomic E-state index is 12.7. The van der Waals surface area contributed by atoms with Crippen molar-refractivity contribution in [2.45, 2.75) is 13.0 Å². The highest BCUT2D eigenvalue weighted by molar-refractivity contribution is 5.78. The molecule has 5 nitrogen and oxygen atoms in total. The monoisotopic (exact) mass is 401 g/mol. The summed E-state index contributed by atoms with van der Waals surface area (Å²) < 4.78 is 5.93. The molecule has 0 saturated carbocycles. The SMILES string of the molecule is O=C(COc1ccccc1Cc1ccccc1)N1CCN(Cc2ccccn2)CC1. The van der Waals surface area contributed by atoms with Crippen LogP contribution in [0.5, 0.6) is 5.75 Å². The van der Waals surface area contributed by atoms with Gasteiger partial charge in [-0.25, -0.2) is 0 Å². The molecule has 0 radical (unpaired) electrons. The maximum Gasteiger partial charge on any atom is 0.260 e. The molecule has 0 spiro atoms. The number of piperazine rings is 1. The smallest absolute Gasteiger partial charge is 0.260 e. The standard InChI is InChI=1S/C25H27N3O2/c29-25(28-16-14-27(15-17-28)19-23-11-6-7-13-26-23)20-30-24-12-5-4-10-22(24)18-21-8-2-1-3-9-21/h1-13H,14-20H2. The normalized spacial score (nSPS) is 14.5. The van der Waals surface area contributed by atoms with Crippen LogP contribution in [0.2, 0.25) is 0 Å². The lowest BCUT2D eigenvalue weighted by atomic mass is 10.0. The van der Waals surface area contributed by atoms with Gasteiger partial charge in [0, 0.05) is 45.3 Å². The van der Waals surface area contributed by atoms with Crippen molar-refractivity contribution >= 4 is 5.91 Å². The summed E-state index contributed by atoms with van der Waals surface area (Å²) in [5, 5.41) is 0. The highest BCUT2D eigenvalue weighted by Gasteiger charge is 2.22. The molecule has 1 aromatic heterocycles. The van der Waals surface area contributed by atoms with E-state index in [1.807, 2.05) is 65.7 Å². The predicted octanol–water partition coefficient (Wildman–Crippen LogP) is 3.40. The molecule has 4 rings (SSSR count). The summed E-state index contributed by atoms with van der Waals surface area (Å²) in [7, 11) is 0. The molecule has 2 heterocycles. The van der Waals surface area contributed by atoms with E-state index in [2.05, 4.69) is 28.1 Å². The fourth-order valence-corrected chi connectivity index (χ4v) is 3.71. The number of amides is 1. The molecule has 5 heteroatoms. The van der Waals surface area contributed by atoms with Gasteiger partial charge >= 0.3 is 0 Å². The number of nitrogens with zero attached hydrogens (tertiary/aromatic N) is 3. The lowest BCUT2D eigenvalue weighted by molar-refractivity contribution is -0.135. The minimum Gasteiger partial charge on any atom is -0.483 e. The van der Waals surface area contributed by atoms with Crippen LogP contribution in [-0.2, 0) is 17.8 Å². The van der Waals surface area contributed by atoms with Gasteiger partial charge in [0.2, 0.25) is 0 Å². The van der Waals surface area contributed by atoms with E-state index < -0.39 is 0 Å². The number of benzene rings is 2. The molecule has 0 unspecified atom stereocenters. The second-order valence-electron chi connectivity index (χ2n) is 7.54. The Hall–Kier alpha value is -3.18. The van der Waals surface area contributed by atoms with Crippen LogP contribution in [0.15, 0.2) is 79.0 Å². The summed E-state index contributed by atoms with van der Waals surface area (Å²) in [4.78, 5) is 21.3. The van der Waals surface area contributed by atoms with Crippen LogP contribution >= 0.6 is 0 Å². The molecule has 1 aliphatic rings. The highest BCUT2D eigenvalue weighted by Crippen LogP contribution is 2.21. The number of hydrogen-bond donors (Lipinski definition) is 0. The molecule has 1 aliphatic heterocycles. The molecule has 0 aliphatic carbocycles. The largest absolute Gasteiger partial charge is 0.483 e. The van der Waals surface area contributed by atoms with Crippen LogP contribution in [0, 0.1) is 0 Å². The number of rotatable bonds is 7. The van der Waals surface area contributed by atoms with Crippen LogP contribution in [0.3, 0.4) is 0 Å². The second-order valence-corrected chi connectivity index (χ2v) is 7.54. The number of carbonyl (C=O) groups excluding carboxylic acids is 1. The second kappa shape index (κ2) is 10.0. The zero-order chi connectivity index (χ0) is 20.6. The fourth-order valence-electron chi connectivity index (χ4n) is 3.71. The Labute approximate surface area is 177 Å². The quantitative estimate of drug-likeness (QED) is 0.609. The van der Waals surface area contributed by atoms with Crippen LogP contribution in [-0.4, -0.2) is 53.5 Å². The summed E-state index contributed by atoms with van der Waals surface area (Å²) in [5.41, 5.74) is 3.39. The molecule has 0 atom stereocenters. The van der Waals surface area contributed by atoms with Gasteiger partial charge in [0.25, 0.3) is 5.91 Å². The first-order valence-electron chi connectivity index (χ1n) is 10.4. The average Bonchev–Trinajstić information content (AvgIpc) is 2.80. The number of para-hydroxylation sites is 1. The van der Waals surface area contributed by atoms with E-state index in [9.17, 15) is 4.79 Å². The summed E-state index contributed by atoms with van der Waals surface area (Å²) in [6.07, 6.45) is 2.61. The van der Waals surface area contributed by atoms with Gasteiger partial charge in [-0.15, -0.1) is 0 Å². The van der Waals surface area contributed by atoms with E-state index in [-0.39, 0.29) is 12.5 Å². The minimum absolute atomic E-state index is 0.0435. The van der Waals surface area contributed by atoms with E-state index in [0.717, 1.165) is 56.2 Å². The van der Waals surface area contributed by atoms with Gasteiger partial charge in [0.05, 0.1) is 5.69 Å². The van der Waals surface area contributed by atoms with Gasteiger partial charge in [0.15, 0.2) is 6.61 Å². The number of carbonyl (C=O) groups is 1. The molecule has 30 heavy (non-hydrogen) atoms. The predicted molar refractivity (Wildman–Crippen MR) is 117 cm³/mol. The molecule has 1 fully saturated rings. The third kappa shape index (κ3) is 5.45. The third-order valence-corrected chi connectivity index (χ3v) is 5.40. The van der Waals surface area contributed by atoms with Crippen molar-refractivity contribution in [3.63, 3.8) is 0 Å². The van der Waals surface area contributed by atoms with Crippen LogP contribution in [0.4, 0.5) is 0 Å². The molecule has 1 amide bonds. The molecule has 0 bridgehead atoms. The van der Waals surface area contributed by atoms with Crippen molar-refractivity contribution in [3.05, 3.63) is 95.8 Å². The van der Waals surface area contributed by atoms with E-state index >= 15 is 0 Å². The molecule has 0 N–H and O–H groups in total. The van der Waals surface area contributed by atoms with Gasteiger partial charge in [-0.05, 0) is 29.3 Å². The van der Waals surface area contributed by atoms with E-state index in [1.165, 1.54) is 5.56 Å². The highest BCUT2D eigenvalue weighted by atomic mass is 16.5. The fraction of sp³-hybridized carbons (Fsp3) is 0.280. The van der Waals surface area contributed by atoms with E-state index in [0.29, 0.717) is 0 Å². The zero-order valence-corrected chi connectivity index (χ0v) is 17.1. The average molecular weight is 402 g/mol. The van der Waals surface area contributed by atoms with Crippen molar-refractivity contribution in [3.8, 4) is 5.75 Å². The Morgan fingerprint density at radius 3 is 2.37 bits per heavy atom. The van der Waals surface area contributed by atoms with Gasteiger partial charge in [0.1, 0.15) is 5.75 Å². The Morgan fingerprint density at radius 2 is 1.60 bits per heavy atom. The lowest BCUT2D eigenvalue weighted by Crippen LogP contribution is -2.49. The lowest BCUT2D eigenvalue weighted by Gasteiger charge is -2.34. The van der Waals surface area contributed by atoms with E-state index in [1.54, 1.807) is 0 Å². The summed E-state index contributed by atoms with van der Waals surface area (Å²) in [5.74, 6) is 0.825. The van der Waals surface area contributed by atoms with Crippen molar-refractivity contribution in [1.82, 2.24) is 14.8 Å². The molecule has 154 valence electrons. The molecule has 2 aromatic carbocycles. The van der Waals surface area contributed by atoms with Gasteiger partial charge in [-0.3, -0.25) is 14.7 Å². The van der Waals surface area contributed by atoms with Crippen molar-refractivity contribution in [2.24, 2.45) is 0 Å². The number of ether oxygens (including phenoxy) is 1. The number of pyridine rings is 1. The van der Waals surface area contributed by atoms with Gasteiger partial charge < -0.3 is 9.64 Å². The minimum atomic E-state index is 0.0435. The molecule has 3 aromatic rings. The van der Waals surface area contributed by atoms with Crippen molar-refractivity contribution < 1.29 is 9.53 Å². The number of hydrogen-bond acceptors (Lipinski definition) is 4. The first-order valence-corrected chi connectivity index (χ1v) is 10.4. The molecule has 1 saturated heterocycles. The molecular weight excluding hydrogens is 374 g/mol. The maximum atomic E-state index is 12.7. The number of aromatic nitrogens is 1. The van der Waals surface area contributed by atoms with Crippen molar-refractivity contribution in [1.29, 1.82) is 0 Å². The van der Waals surface area contributed by atoms with Gasteiger partial charge in [-0.2, -0.15) is 0 Å². The van der Waals surface area contributed by atoms with Gasteiger partial charge in [-0.1, -0.05) is 54.6 Å². The molecular formula is C25H27N3O2. The topological polar surface area (TPSA) is 45.7 Å². The summed E-state index contributed by atoms with van der Waals surface area (Å²) >= 11 is 0. The van der Waals surface area contributed by atoms with Crippen molar-refractivity contribution in [2.75, 3.05) is 32.8 Å². The van der Waals surface area contributed by atoms with Crippen LogP contribution < -0.4 is 4.74 Å². The Balaban J connectivity index is 1.27. The van der Waals surface area contributed by atoms with Crippen LogP contribution in [0.1, 0.15) is 16.8 Å². The first kappa shape index (κ1) is 20.1.